The molecule has 0 radical (unpaired) electrons. The Balaban J connectivity index is 1.31. The van der Waals surface area contributed by atoms with Gasteiger partial charge in [-0.2, -0.15) is 0 Å². The van der Waals surface area contributed by atoms with E-state index in [2.05, 4.69) is 21.3 Å². The molecule has 1 fully saturated rings. The predicted molar refractivity (Wildman–Crippen MR) is 144 cm³/mol. The summed E-state index contributed by atoms with van der Waals surface area (Å²) in [5, 5.41) is 12.1. The number of carbonyl (C=O) groups excluding carboxylic acids is 3. The Hall–Kier alpha value is -3.84. The van der Waals surface area contributed by atoms with Crippen LogP contribution in [0.3, 0.4) is 0 Å². The highest BCUT2D eigenvalue weighted by Crippen LogP contribution is 2.23. The number of carbonyl (C=O) groups is 3. The van der Waals surface area contributed by atoms with Crippen LogP contribution < -0.4 is 21.3 Å². The van der Waals surface area contributed by atoms with Crippen molar-refractivity contribution in [2.24, 2.45) is 0 Å². The summed E-state index contributed by atoms with van der Waals surface area (Å²) >= 11 is 6.26. The normalized spacial score (nSPS) is 13.5. The van der Waals surface area contributed by atoms with Crippen LogP contribution in [-0.2, 0) is 4.79 Å². The lowest BCUT2D eigenvalue weighted by molar-refractivity contribution is -0.114. The van der Waals surface area contributed by atoms with Gasteiger partial charge in [-0.15, -0.1) is 0 Å². The second kappa shape index (κ2) is 12.2. The van der Waals surface area contributed by atoms with E-state index >= 15 is 0 Å². The summed E-state index contributed by atoms with van der Waals surface area (Å²) in [4.78, 5) is 37.6. The number of benzene rings is 3. The van der Waals surface area contributed by atoms with Gasteiger partial charge in [0.25, 0.3) is 11.8 Å². The Bertz CT molecular complexity index is 1230. The zero-order valence-corrected chi connectivity index (χ0v) is 20.6. The molecular weight excluding hydrogens is 476 g/mol. The van der Waals surface area contributed by atoms with E-state index in [9.17, 15) is 14.4 Å². The Kier molecular flexibility index (Phi) is 8.57. The molecule has 0 unspecified atom stereocenters. The van der Waals surface area contributed by atoms with Gasteiger partial charge in [0.1, 0.15) is 0 Å². The first-order chi connectivity index (χ1) is 17.5. The number of amides is 3. The lowest BCUT2D eigenvalue weighted by Gasteiger charge is -2.23. The van der Waals surface area contributed by atoms with E-state index in [1.807, 2.05) is 6.07 Å². The van der Waals surface area contributed by atoms with Crippen molar-refractivity contribution in [2.45, 2.75) is 38.1 Å². The average Bonchev–Trinajstić information content (AvgIpc) is 2.90. The number of halogens is 1. The van der Waals surface area contributed by atoms with Gasteiger partial charge in [0, 0.05) is 28.7 Å². The van der Waals surface area contributed by atoms with Crippen molar-refractivity contribution < 1.29 is 14.4 Å². The van der Waals surface area contributed by atoms with Crippen LogP contribution in [0.5, 0.6) is 0 Å². The van der Waals surface area contributed by atoms with Crippen molar-refractivity contribution in [3.05, 3.63) is 88.9 Å². The third-order valence-electron chi connectivity index (χ3n) is 6.04. The molecule has 0 atom stereocenters. The molecular formula is C28H29ClN4O3. The van der Waals surface area contributed by atoms with E-state index in [0.29, 0.717) is 33.2 Å². The molecule has 1 saturated carbocycles. The number of nitrogens with one attached hydrogen (secondary N) is 4. The van der Waals surface area contributed by atoms with Crippen molar-refractivity contribution in [1.82, 2.24) is 5.32 Å². The summed E-state index contributed by atoms with van der Waals surface area (Å²) in [5.41, 5.74) is 2.68. The van der Waals surface area contributed by atoms with E-state index in [-0.39, 0.29) is 30.3 Å². The average molecular weight is 505 g/mol. The van der Waals surface area contributed by atoms with Crippen LogP contribution in [0.2, 0.25) is 5.02 Å². The predicted octanol–water partition coefficient (Wildman–Crippen LogP) is 5.71. The topological polar surface area (TPSA) is 99.3 Å². The highest BCUT2D eigenvalue weighted by Gasteiger charge is 2.19. The molecule has 186 valence electrons. The first kappa shape index (κ1) is 25.3. The number of hydrogen-bond donors (Lipinski definition) is 4. The SMILES string of the molecule is O=C(CNc1cccc(NC(=O)c2ccccc2)c1)Nc1ccc(Cl)c(C(=O)NC2CCCCC2)c1. The van der Waals surface area contributed by atoms with Gasteiger partial charge in [-0.1, -0.05) is 55.1 Å². The number of anilines is 3. The monoisotopic (exact) mass is 504 g/mol. The molecule has 1 aliphatic carbocycles. The van der Waals surface area contributed by atoms with Gasteiger partial charge in [0.2, 0.25) is 5.91 Å². The quantitative estimate of drug-likeness (QED) is 0.316. The Morgan fingerprint density at radius 3 is 2.25 bits per heavy atom. The fraction of sp³-hybridized carbons (Fsp3) is 0.250. The van der Waals surface area contributed by atoms with E-state index in [1.165, 1.54) is 6.42 Å². The third-order valence-corrected chi connectivity index (χ3v) is 6.37. The molecule has 1 aliphatic rings. The molecule has 0 aliphatic heterocycles. The van der Waals surface area contributed by atoms with Crippen LogP contribution in [0.15, 0.2) is 72.8 Å². The minimum Gasteiger partial charge on any atom is -0.376 e. The van der Waals surface area contributed by atoms with Crippen LogP contribution >= 0.6 is 11.6 Å². The van der Waals surface area contributed by atoms with Crippen molar-refractivity contribution in [3.63, 3.8) is 0 Å². The number of hydrogen-bond acceptors (Lipinski definition) is 4. The van der Waals surface area contributed by atoms with Gasteiger partial charge < -0.3 is 21.3 Å². The van der Waals surface area contributed by atoms with Crippen LogP contribution in [0, 0.1) is 0 Å². The van der Waals surface area contributed by atoms with Gasteiger partial charge in [0.05, 0.1) is 17.1 Å². The maximum Gasteiger partial charge on any atom is 0.255 e. The fourth-order valence-electron chi connectivity index (χ4n) is 4.17. The molecule has 36 heavy (non-hydrogen) atoms. The van der Waals surface area contributed by atoms with Crippen molar-refractivity contribution in [2.75, 3.05) is 22.5 Å². The summed E-state index contributed by atoms with van der Waals surface area (Å²) in [6, 6.07) is 21.1. The first-order valence-corrected chi connectivity index (χ1v) is 12.5. The molecule has 0 heterocycles. The summed E-state index contributed by atoms with van der Waals surface area (Å²) in [7, 11) is 0. The second-order valence-corrected chi connectivity index (χ2v) is 9.21. The van der Waals surface area contributed by atoms with Gasteiger partial charge in [-0.3, -0.25) is 14.4 Å². The Labute approximate surface area is 215 Å². The van der Waals surface area contributed by atoms with E-state index in [1.54, 1.807) is 66.7 Å². The second-order valence-electron chi connectivity index (χ2n) is 8.81. The smallest absolute Gasteiger partial charge is 0.255 e. The molecule has 3 aromatic rings. The van der Waals surface area contributed by atoms with Crippen molar-refractivity contribution in [3.8, 4) is 0 Å². The third kappa shape index (κ3) is 7.09. The standard InChI is InChI=1S/C28H29ClN4O3/c29-25-15-14-23(17-24(25)28(36)32-20-10-5-2-6-11-20)31-26(34)18-30-21-12-7-13-22(16-21)33-27(35)19-8-3-1-4-9-19/h1,3-4,7-9,12-17,20,30H,2,5-6,10-11,18H2,(H,31,34)(H,32,36)(H,33,35). The van der Waals surface area contributed by atoms with Crippen molar-refractivity contribution >= 4 is 46.4 Å². The van der Waals surface area contributed by atoms with Crippen LogP contribution in [0.25, 0.3) is 0 Å². The highest BCUT2D eigenvalue weighted by molar-refractivity contribution is 6.34. The van der Waals surface area contributed by atoms with E-state index in [4.69, 9.17) is 11.6 Å². The Morgan fingerprint density at radius 1 is 0.750 bits per heavy atom. The molecule has 4 N–H and O–H groups in total. The molecule has 4 rings (SSSR count). The summed E-state index contributed by atoms with van der Waals surface area (Å²) in [5.74, 6) is -0.721. The number of rotatable bonds is 8. The van der Waals surface area contributed by atoms with Gasteiger partial charge in [-0.25, -0.2) is 0 Å². The van der Waals surface area contributed by atoms with Crippen LogP contribution in [0.1, 0.15) is 52.8 Å². The van der Waals surface area contributed by atoms with Crippen LogP contribution in [-0.4, -0.2) is 30.3 Å². The largest absolute Gasteiger partial charge is 0.376 e. The molecule has 0 saturated heterocycles. The molecule has 0 bridgehead atoms. The molecule has 0 aromatic heterocycles. The molecule has 0 spiro atoms. The molecule has 3 amide bonds. The summed E-state index contributed by atoms with van der Waals surface area (Å²) in [6.07, 6.45) is 5.38. The first-order valence-electron chi connectivity index (χ1n) is 12.1. The maximum atomic E-state index is 12.7. The lowest BCUT2D eigenvalue weighted by atomic mass is 9.95. The summed E-state index contributed by atoms with van der Waals surface area (Å²) < 4.78 is 0. The molecule has 3 aromatic carbocycles. The van der Waals surface area contributed by atoms with Crippen LogP contribution in [0.4, 0.5) is 17.1 Å². The lowest BCUT2D eigenvalue weighted by Crippen LogP contribution is -2.36. The minimum atomic E-state index is -0.283. The highest BCUT2D eigenvalue weighted by atomic mass is 35.5. The fourth-order valence-corrected chi connectivity index (χ4v) is 4.38. The summed E-state index contributed by atoms with van der Waals surface area (Å²) in [6.45, 7) is 0.00230. The molecule has 7 nitrogen and oxygen atoms in total. The zero-order valence-electron chi connectivity index (χ0n) is 19.9. The maximum absolute atomic E-state index is 12.7. The van der Waals surface area contributed by atoms with E-state index in [0.717, 1.165) is 25.7 Å². The van der Waals surface area contributed by atoms with Crippen molar-refractivity contribution in [1.29, 1.82) is 0 Å². The zero-order chi connectivity index (χ0) is 25.3. The van der Waals surface area contributed by atoms with Gasteiger partial charge in [-0.05, 0) is 61.4 Å². The minimum absolute atomic E-state index is 0.00230. The van der Waals surface area contributed by atoms with E-state index < -0.39 is 0 Å². The van der Waals surface area contributed by atoms with Gasteiger partial charge >= 0.3 is 0 Å². The van der Waals surface area contributed by atoms with Gasteiger partial charge in [0.15, 0.2) is 0 Å². The Morgan fingerprint density at radius 2 is 1.47 bits per heavy atom. The molecule has 8 heteroatoms.